The van der Waals surface area contributed by atoms with Crippen molar-refractivity contribution < 1.29 is 0 Å². The third-order valence-corrected chi connectivity index (χ3v) is 3.68. The number of hydrogen-bond acceptors (Lipinski definition) is 5. The monoisotopic (exact) mass is 338 g/mol. The molecule has 0 spiro atoms. The smallest absolute Gasteiger partial charge is 0.115 e. The van der Waals surface area contributed by atoms with Gasteiger partial charge in [-0.05, 0) is 37.1 Å². The van der Waals surface area contributed by atoms with E-state index in [0.29, 0.717) is 0 Å². The molecule has 2 rings (SSSR count). The number of hydrogen-bond donors (Lipinski definition) is 1. The highest BCUT2D eigenvalue weighted by Crippen LogP contribution is 2.27. The lowest BCUT2D eigenvalue weighted by Crippen LogP contribution is -2.25. The van der Waals surface area contributed by atoms with E-state index in [1.165, 1.54) is 6.33 Å². The van der Waals surface area contributed by atoms with Crippen LogP contribution < -0.4 is 5.32 Å². The number of nitrogens with zero attached hydrogens (tertiary/aromatic N) is 5. The topological polar surface area (TPSA) is 58.9 Å². The SMILES string of the molecule is CNC(c1cncnc1)c1c(Br)cnn1CCN(C)C. The molecule has 6 nitrogen and oxygen atoms in total. The van der Waals surface area contributed by atoms with E-state index in [1.54, 1.807) is 0 Å². The van der Waals surface area contributed by atoms with Gasteiger partial charge in [0.2, 0.25) is 0 Å². The molecular weight excluding hydrogens is 320 g/mol. The van der Waals surface area contributed by atoms with Crippen molar-refractivity contribution in [2.24, 2.45) is 0 Å². The fraction of sp³-hybridized carbons (Fsp3) is 0.462. The van der Waals surface area contributed by atoms with Crippen LogP contribution in [0.1, 0.15) is 17.3 Å². The summed E-state index contributed by atoms with van der Waals surface area (Å²) in [4.78, 5) is 10.3. The molecule has 1 atom stereocenters. The predicted octanol–water partition coefficient (Wildman–Crippen LogP) is 1.31. The molecule has 0 aliphatic carbocycles. The molecule has 108 valence electrons. The van der Waals surface area contributed by atoms with E-state index >= 15 is 0 Å². The van der Waals surface area contributed by atoms with Crippen LogP contribution in [0.3, 0.4) is 0 Å². The van der Waals surface area contributed by atoms with Crippen LogP contribution in [0.4, 0.5) is 0 Å². The van der Waals surface area contributed by atoms with Gasteiger partial charge >= 0.3 is 0 Å². The van der Waals surface area contributed by atoms with Gasteiger partial charge in [0.05, 0.1) is 29.0 Å². The van der Waals surface area contributed by atoms with Crippen LogP contribution in [0.15, 0.2) is 29.4 Å². The van der Waals surface area contributed by atoms with E-state index in [4.69, 9.17) is 0 Å². The number of halogens is 1. The molecule has 0 saturated carbocycles. The summed E-state index contributed by atoms with van der Waals surface area (Å²) in [7, 11) is 6.03. The van der Waals surface area contributed by atoms with Crippen LogP contribution >= 0.6 is 15.9 Å². The summed E-state index contributed by atoms with van der Waals surface area (Å²) < 4.78 is 3.00. The van der Waals surface area contributed by atoms with Crippen LogP contribution in [0.5, 0.6) is 0 Å². The van der Waals surface area contributed by atoms with Crippen molar-refractivity contribution >= 4 is 15.9 Å². The highest BCUT2D eigenvalue weighted by molar-refractivity contribution is 9.10. The number of rotatable bonds is 6. The normalized spacial score (nSPS) is 12.8. The van der Waals surface area contributed by atoms with Crippen molar-refractivity contribution in [3.05, 3.63) is 40.6 Å². The van der Waals surface area contributed by atoms with Crippen molar-refractivity contribution in [3.63, 3.8) is 0 Å². The summed E-state index contributed by atoms with van der Waals surface area (Å²) in [5.74, 6) is 0. The summed E-state index contributed by atoms with van der Waals surface area (Å²) >= 11 is 3.59. The average Bonchev–Trinajstić information content (AvgIpc) is 2.80. The Hall–Kier alpha value is -1.31. The van der Waals surface area contributed by atoms with Gasteiger partial charge in [0.25, 0.3) is 0 Å². The maximum atomic E-state index is 4.44. The first-order chi connectivity index (χ1) is 9.63. The van der Waals surface area contributed by atoms with E-state index in [1.807, 2.05) is 30.3 Å². The highest BCUT2D eigenvalue weighted by atomic mass is 79.9. The lowest BCUT2D eigenvalue weighted by Gasteiger charge is -2.19. The minimum absolute atomic E-state index is 0.00948. The Morgan fingerprint density at radius 2 is 2.00 bits per heavy atom. The third-order valence-electron chi connectivity index (χ3n) is 3.07. The molecule has 0 bridgehead atoms. The first-order valence-corrected chi connectivity index (χ1v) is 7.21. The molecule has 2 heterocycles. The maximum absolute atomic E-state index is 4.44. The second kappa shape index (κ2) is 6.92. The number of likely N-dealkylation sites (N-methyl/N-ethyl adjacent to an activating group) is 1. The molecule has 0 aliphatic heterocycles. The predicted molar refractivity (Wildman–Crippen MR) is 81.4 cm³/mol. The number of nitrogens with one attached hydrogen (secondary N) is 1. The second-order valence-corrected chi connectivity index (χ2v) is 5.65. The van der Waals surface area contributed by atoms with Gasteiger partial charge < -0.3 is 10.2 Å². The van der Waals surface area contributed by atoms with E-state index < -0.39 is 0 Å². The Kier molecular flexibility index (Phi) is 5.22. The zero-order valence-electron chi connectivity index (χ0n) is 11.9. The Morgan fingerprint density at radius 3 is 2.60 bits per heavy atom. The highest BCUT2D eigenvalue weighted by Gasteiger charge is 2.21. The molecular formula is C13H19BrN6. The minimum atomic E-state index is 0.00948. The van der Waals surface area contributed by atoms with Gasteiger partial charge in [-0.15, -0.1) is 0 Å². The molecule has 1 N–H and O–H groups in total. The largest absolute Gasteiger partial charge is 0.308 e. The van der Waals surface area contributed by atoms with Gasteiger partial charge in [-0.1, -0.05) is 0 Å². The van der Waals surface area contributed by atoms with Gasteiger partial charge in [-0.2, -0.15) is 5.10 Å². The van der Waals surface area contributed by atoms with Crippen LogP contribution in [0.25, 0.3) is 0 Å². The molecule has 0 saturated heterocycles. The van der Waals surface area contributed by atoms with Crippen molar-refractivity contribution in [1.29, 1.82) is 0 Å². The van der Waals surface area contributed by atoms with Gasteiger partial charge in [-0.25, -0.2) is 9.97 Å². The summed E-state index contributed by atoms with van der Waals surface area (Å²) in [6.07, 6.45) is 7.02. The fourth-order valence-electron chi connectivity index (χ4n) is 2.05. The maximum Gasteiger partial charge on any atom is 0.115 e. The minimum Gasteiger partial charge on any atom is -0.308 e. The zero-order valence-corrected chi connectivity index (χ0v) is 13.5. The Labute approximate surface area is 127 Å². The lowest BCUT2D eigenvalue weighted by molar-refractivity contribution is 0.366. The Morgan fingerprint density at radius 1 is 1.30 bits per heavy atom. The van der Waals surface area contributed by atoms with Crippen LogP contribution in [-0.2, 0) is 6.54 Å². The third kappa shape index (κ3) is 3.41. The average molecular weight is 339 g/mol. The molecule has 2 aromatic heterocycles. The quantitative estimate of drug-likeness (QED) is 0.860. The molecule has 7 heteroatoms. The molecule has 0 amide bonds. The summed E-state index contributed by atoms with van der Waals surface area (Å²) in [6, 6.07) is 0.00948. The van der Waals surface area contributed by atoms with Crippen molar-refractivity contribution in [2.75, 3.05) is 27.7 Å². The fourth-order valence-corrected chi connectivity index (χ4v) is 2.58. The van der Waals surface area contributed by atoms with Crippen LogP contribution in [-0.4, -0.2) is 52.3 Å². The lowest BCUT2D eigenvalue weighted by atomic mass is 10.1. The van der Waals surface area contributed by atoms with Crippen molar-refractivity contribution in [1.82, 2.24) is 30.0 Å². The summed E-state index contributed by atoms with van der Waals surface area (Å²) in [6.45, 7) is 1.77. The van der Waals surface area contributed by atoms with E-state index in [9.17, 15) is 0 Å². The van der Waals surface area contributed by atoms with Crippen molar-refractivity contribution in [3.8, 4) is 0 Å². The van der Waals surface area contributed by atoms with Gasteiger partial charge in [0.1, 0.15) is 6.33 Å². The van der Waals surface area contributed by atoms with E-state index in [-0.39, 0.29) is 6.04 Å². The summed E-state index contributed by atoms with van der Waals surface area (Å²) in [5.41, 5.74) is 2.10. The zero-order chi connectivity index (χ0) is 14.5. The van der Waals surface area contributed by atoms with Crippen LogP contribution in [0.2, 0.25) is 0 Å². The first-order valence-electron chi connectivity index (χ1n) is 6.41. The Bertz CT molecular complexity index is 539. The molecule has 20 heavy (non-hydrogen) atoms. The molecule has 2 aromatic rings. The van der Waals surface area contributed by atoms with E-state index in [2.05, 4.69) is 55.3 Å². The standard InChI is InChI=1S/C13H19BrN6/c1-15-12(10-6-16-9-17-7-10)13-11(14)8-18-20(13)5-4-19(2)3/h6-9,12,15H,4-5H2,1-3H3. The van der Waals surface area contributed by atoms with Crippen LogP contribution in [0, 0.1) is 0 Å². The van der Waals surface area contributed by atoms with Gasteiger partial charge in [-0.3, -0.25) is 4.68 Å². The first kappa shape index (κ1) is 15.1. The molecule has 0 aromatic carbocycles. The molecule has 1 unspecified atom stereocenters. The molecule has 0 aliphatic rings. The number of aromatic nitrogens is 4. The van der Waals surface area contributed by atoms with Gasteiger partial charge in [0, 0.05) is 24.5 Å². The summed E-state index contributed by atoms with van der Waals surface area (Å²) in [5, 5.41) is 7.75. The molecule has 0 fully saturated rings. The second-order valence-electron chi connectivity index (χ2n) is 4.80. The Balaban J connectivity index is 2.32. The van der Waals surface area contributed by atoms with Crippen molar-refractivity contribution in [2.45, 2.75) is 12.6 Å². The molecule has 0 radical (unpaired) electrons. The van der Waals surface area contributed by atoms with Gasteiger partial charge in [0.15, 0.2) is 0 Å². The van der Waals surface area contributed by atoms with E-state index in [0.717, 1.165) is 28.8 Å².